The normalized spacial score (nSPS) is 17.1. The maximum Gasteiger partial charge on any atom is 0.407 e. The molecule has 7 rings (SSSR count). The van der Waals surface area contributed by atoms with Gasteiger partial charge in [-0.2, -0.15) is 0 Å². The number of alkyl carbamates (subject to hydrolysis) is 2. The van der Waals surface area contributed by atoms with Crippen LogP contribution >= 0.6 is 0 Å². The first-order valence-corrected chi connectivity index (χ1v) is 21.1. The number of hydrogen-bond acceptors (Lipinski definition) is 10. The molecule has 16 heteroatoms. The number of amides is 4. The lowest BCUT2D eigenvalue weighted by Gasteiger charge is -2.30. The second-order valence-electron chi connectivity index (χ2n) is 16.8. The van der Waals surface area contributed by atoms with Crippen molar-refractivity contribution < 1.29 is 38.1 Å². The first-order valence-electron chi connectivity index (χ1n) is 21.1. The number of aryl methyl sites for hydroxylation is 2. The van der Waals surface area contributed by atoms with Gasteiger partial charge in [0.15, 0.2) is 0 Å². The van der Waals surface area contributed by atoms with Crippen LogP contribution in [-0.2, 0) is 49.8 Å². The number of nitrogens with one attached hydrogen (secondary N) is 4. The molecule has 1 aliphatic carbocycles. The Labute approximate surface area is 361 Å². The Balaban J connectivity index is 1.11. The van der Waals surface area contributed by atoms with Crippen LogP contribution in [0.15, 0.2) is 36.5 Å². The van der Waals surface area contributed by atoms with Gasteiger partial charge in [0.1, 0.15) is 36.1 Å². The van der Waals surface area contributed by atoms with Gasteiger partial charge in [0.2, 0.25) is 11.8 Å². The van der Waals surface area contributed by atoms with Crippen LogP contribution in [-0.4, -0.2) is 107 Å². The maximum absolute atomic E-state index is 14.1. The number of carbonyl (C=O) groups excluding carboxylic acids is 4. The summed E-state index contributed by atoms with van der Waals surface area (Å²) in [5.41, 5.74) is 8.92. The van der Waals surface area contributed by atoms with Crippen molar-refractivity contribution in [3.8, 4) is 51.7 Å². The van der Waals surface area contributed by atoms with Crippen molar-refractivity contribution in [2.24, 2.45) is 17.8 Å². The van der Waals surface area contributed by atoms with Crippen LogP contribution in [0.4, 0.5) is 9.59 Å². The summed E-state index contributed by atoms with van der Waals surface area (Å²) in [7, 11) is 4.21. The average molecular weight is 849 g/mol. The number of H-pyrrole nitrogens is 2. The van der Waals surface area contributed by atoms with E-state index in [2.05, 4.69) is 61.8 Å². The summed E-state index contributed by atoms with van der Waals surface area (Å²) in [5.74, 6) is 3.99. The fourth-order valence-corrected chi connectivity index (χ4v) is 8.73. The predicted molar refractivity (Wildman–Crippen MR) is 230 cm³/mol. The van der Waals surface area contributed by atoms with E-state index < -0.39 is 24.3 Å². The molecule has 3 aliphatic rings. The molecular formula is C46H56N8O8. The highest BCUT2D eigenvalue weighted by Crippen LogP contribution is 2.46. The molecule has 0 saturated carbocycles. The van der Waals surface area contributed by atoms with E-state index in [1.165, 1.54) is 19.8 Å². The molecule has 2 aliphatic heterocycles. The number of carbonyl (C=O) groups is 4. The molecule has 0 bridgehead atoms. The molecule has 2 aromatic heterocycles. The van der Waals surface area contributed by atoms with E-state index in [1.807, 2.05) is 32.6 Å². The standard InChI is InChI=1S/C46H56N8O8/c1-9-10-15-53(43(55)39(25(2)3)51-45(57)60-7)22-38-47-20-35(48-38)29-11-13-31-30(17-29)24-62-37-19-32-28(18-33(31)37)12-14-34-41(32)50-42(49-34)36-16-27(23-59-6)21-54(36)44(56)40(26(4)5)52-46(58)61-8/h1,11,13,17-20,25-27,36,39-40H,10,12,14-16,21-24H2,2-8H3,(H,47,48)(H,49,50)(H,51,57)(H,52,58)/t27-,36+,39+,40+/m1/s1. The minimum Gasteiger partial charge on any atom is -0.488 e. The summed E-state index contributed by atoms with van der Waals surface area (Å²) in [4.78, 5) is 72.1. The van der Waals surface area contributed by atoms with Gasteiger partial charge >= 0.3 is 12.2 Å². The third kappa shape index (κ3) is 8.99. The molecule has 0 unspecified atom stereocenters. The minimum absolute atomic E-state index is 0.108. The van der Waals surface area contributed by atoms with E-state index >= 15 is 0 Å². The van der Waals surface area contributed by atoms with Crippen LogP contribution in [0, 0.1) is 30.1 Å². The summed E-state index contributed by atoms with van der Waals surface area (Å²) in [5, 5.41) is 5.39. The zero-order valence-electron chi connectivity index (χ0n) is 36.4. The van der Waals surface area contributed by atoms with E-state index in [1.54, 1.807) is 18.2 Å². The van der Waals surface area contributed by atoms with Gasteiger partial charge in [0.25, 0.3) is 0 Å². The van der Waals surface area contributed by atoms with Crippen molar-refractivity contribution in [2.75, 3.05) is 41.0 Å². The molecule has 328 valence electrons. The Kier molecular flexibility index (Phi) is 13.2. The van der Waals surface area contributed by atoms with Crippen molar-refractivity contribution in [1.82, 2.24) is 40.4 Å². The van der Waals surface area contributed by atoms with Gasteiger partial charge in [0, 0.05) is 43.7 Å². The van der Waals surface area contributed by atoms with E-state index in [4.69, 9.17) is 30.4 Å². The predicted octanol–water partition coefficient (Wildman–Crippen LogP) is 5.77. The molecule has 1 fully saturated rings. The van der Waals surface area contributed by atoms with Crippen molar-refractivity contribution >= 4 is 24.0 Å². The summed E-state index contributed by atoms with van der Waals surface area (Å²) < 4.78 is 21.5. The summed E-state index contributed by atoms with van der Waals surface area (Å²) in [6.45, 7) is 9.34. The number of terminal acetylenes is 1. The van der Waals surface area contributed by atoms with Crippen LogP contribution < -0.4 is 15.4 Å². The molecule has 2 aromatic carbocycles. The van der Waals surface area contributed by atoms with Crippen molar-refractivity contribution in [1.29, 1.82) is 0 Å². The Morgan fingerprint density at radius 2 is 1.69 bits per heavy atom. The van der Waals surface area contributed by atoms with Crippen LogP contribution in [0.3, 0.4) is 0 Å². The number of imidazole rings is 2. The molecular weight excluding hydrogens is 793 g/mol. The van der Waals surface area contributed by atoms with Gasteiger partial charge < -0.3 is 49.3 Å². The van der Waals surface area contributed by atoms with Gasteiger partial charge in [-0.05, 0) is 71.6 Å². The van der Waals surface area contributed by atoms with E-state index in [-0.39, 0.29) is 42.2 Å². The van der Waals surface area contributed by atoms with Gasteiger partial charge in [-0.15, -0.1) is 12.3 Å². The molecule has 4 amide bonds. The number of methoxy groups -OCH3 is 3. The largest absolute Gasteiger partial charge is 0.488 e. The first kappa shape index (κ1) is 43.7. The van der Waals surface area contributed by atoms with Crippen molar-refractivity contribution in [2.45, 2.75) is 84.7 Å². The molecule has 62 heavy (non-hydrogen) atoms. The highest BCUT2D eigenvalue weighted by molar-refractivity contribution is 5.87. The summed E-state index contributed by atoms with van der Waals surface area (Å²) >= 11 is 0. The summed E-state index contributed by atoms with van der Waals surface area (Å²) in [6.07, 6.45) is 8.53. The van der Waals surface area contributed by atoms with Crippen LogP contribution in [0.1, 0.15) is 75.0 Å². The molecule has 0 spiro atoms. The zero-order chi connectivity index (χ0) is 44.2. The number of rotatable bonds is 14. The van der Waals surface area contributed by atoms with Crippen LogP contribution in [0.5, 0.6) is 5.75 Å². The number of ether oxygens (including phenoxy) is 4. The van der Waals surface area contributed by atoms with Gasteiger partial charge in [-0.3, -0.25) is 9.59 Å². The fraction of sp³-hybridized carbons (Fsp3) is 0.478. The average Bonchev–Trinajstić information content (AvgIpc) is 4.03. The monoisotopic (exact) mass is 848 g/mol. The highest BCUT2D eigenvalue weighted by Gasteiger charge is 2.42. The third-order valence-corrected chi connectivity index (χ3v) is 12.0. The quantitative estimate of drug-likeness (QED) is 0.113. The van der Waals surface area contributed by atoms with Gasteiger partial charge in [-0.25, -0.2) is 19.6 Å². The molecule has 1 saturated heterocycles. The maximum atomic E-state index is 14.1. The third-order valence-electron chi connectivity index (χ3n) is 12.0. The SMILES string of the molecule is C#CCCN(Cc1ncc(-c2ccc3c(c2)COc2cc4c(cc2-3)CCc2nc([C@@H]3C[C@@H](COC)CN3C(=O)[C@@H](NC(=O)OC)C(C)C)[nH]c2-4)[nH]1)C(=O)[C@@H](NC(=O)OC)C(C)C. The number of hydrogen-bond donors (Lipinski definition) is 4. The molecule has 16 nitrogen and oxygen atoms in total. The number of likely N-dealkylation sites (tertiary alicyclic amines) is 1. The zero-order valence-corrected chi connectivity index (χ0v) is 36.4. The number of aromatic nitrogens is 4. The van der Waals surface area contributed by atoms with E-state index in [0.29, 0.717) is 45.0 Å². The van der Waals surface area contributed by atoms with Crippen molar-refractivity contribution in [3.63, 3.8) is 0 Å². The second-order valence-corrected chi connectivity index (χ2v) is 16.8. The smallest absolute Gasteiger partial charge is 0.407 e. The molecule has 4 N–H and O–H groups in total. The van der Waals surface area contributed by atoms with Gasteiger partial charge in [0.05, 0.1) is 56.7 Å². The first-order chi connectivity index (χ1) is 29.8. The van der Waals surface area contributed by atoms with Crippen molar-refractivity contribution in [3.05, 3.63) is 65.0 Å². The Morgan fingerprint density at radius 1 is 0.952 bits per heavy atom. The number of nitrogens with zero attached hydrogens (tertiary/aromatic N) is 4. The Bertz CT molecular complexity index is 2360. The summed E-state index contributed by atoms with van der Waals surface area (Å²) in [6, 6.07) is 8.71. The lowest BCUT2D eigenvalue weighted by atomic mass is 9.86. The highest BCUT2D eigenvalue weighted by atomic mass is 16.5. The Morgan fingerprint density at radius 3 is 2.39 bits per heavy atom. The molecule has 4 heterocycles. The number of aromatic amines is 2. The lowest BCUT2D eigenvalue weighted by Crippen LogP contribution is -2.51. The van der Waals surface area contributed by atoms with Crippen LogP contribution in [0.2, 0.25) is 0 Å². The second kappa shape index (κ2) is 18.7. The fourth-order valence-electron chi connectivity index (χ4n) is 8.73. The van der Waals surface area contributed by atoms with Gasteiger partial charge in [-0.1, -0.05) is 39.8 Å². The Hall–Kier alpha value is -6.34. The van der Waals surface area contributed by atoms with E-state index in [9.17, 15) is 19.2 Å². The topological polar surface area (TPSA) is 193 Å². The molecule has 4 atom stereocenters. The van der Waals surface area contributed by atoms with E-state index in [0.717, 1.165) is 69.3 Å². The minimum atomic E-state index is -0.792. The number of benzene rings is 2. The molecule has 0 radical (unpaired) electrons. The van der Waals surface area contributed by atoms with Crippen LogP contribution in [0.25, 0.3) is 33.6 Å². The number of fused-ring (bicyclic) bond motifs is 6. The lowest BCUT2D eigenvalue weighted by molar-refractivity contribution is -0.136. The molecule has 4 aromatic rings.